The minimum absolute atomic E-state index is 0.0498. The van der Waals surface area contributed by atoms with Crippen LogP contribution in [0.1, 0.15) is 0 Å². The normalized spacial score (nSPS) is 14.2. The fourth-order valence-corrected chi connectivity index (χ4v) is 3.03. The van der Waals surface area contributed by atoms with E-state index in [9.17, 15) is 24.1 Å². The van der Waals surface area contributed by atoms with E-state index in [-0.39, 0.29) is 30.7 Å². The van der Waals surface area contributed by atoms with Crippen molar-refractivity contribution in [3.63, 3.8) is 0 Å². The topological polar surface area (TPSA) is 105 Å². The molecule has 0 bridgehead atoms. The highest BCUT2D eigenvalue weighted by atomic mass is 19.1. The quantitative estimate of drug-likeness (QED) is 0.546. The number of hydrogen-bond acceptors (Lipinski definition) is 6. The van der Waals surface area contributed by atoms with Gasteiger partial charge in [0, 0.05) is 44.0 Å². The van der Waals surface area contributed by atoms with Gasteiger partial charge < -0.3 is 15.0 Å². The van der Waals surface area contributed by atoms with Crippen LogP contribution in [-0.4, -0.2) is 65.9 Å². The number of anilines is 1. The Kier molecular flexibility index (Phi) is 6.91. The van der Waals surface area contributed by atoms with Gasteiger partial charge in [-0.05, 0) is 30.3 Å². The minimum atomic E-state index is -0.507. The number of ether oxygens (including phenoxy) is 1. The van der Waals surface area contributed by atoms with Crippen LogP contribution in [0, 0.1) is 15.9 Å². The van der Waals surface area contributed by atoms with Gasteiger partial charge in [-0.1, -0.05) is 6.07 Å². The summed E-state index contributed by atoms with van der Waals surface area (Å²) in [5.41, 5.74) is 0.350. The standard InChI is InChI=1S/C20H21FN4O5/c21-15-2-1-3-16(12-15)22-19(26)13-23-8-10-24(11-9-23)20(27)14-30-18-6-4-17(5-7-18)25(28)29/h1-7,12H,8-11,13-14H2,(H,22,26). The molecule has 9 nitrogen and oxygen atoms in total. The van der Waals surface area contributed by atoms with Crippen LogP contribution in [0.3, 0.4) is 0 Å². The molecule has 0 aliphatic carbocycles. The Labute approximate surface area is 172 Å². The van der Waals surface area contributed by atoms with Crippen molar-refractivity contribution in [2.24, 2.45) is 0 Å². The minimum Gasteiger partial charge on any atom is -0.484 e. The second kappa shape index (κ2) is 9.79. The van der Waals surface area contributed by atoms with Gasteiger partial charge in [-0.2, -0.15) is 0 Å². The van der Waals surface area contributed by atoms with Crippen LogP contribution in [0.4, 0.5) is 15.8 Å². The third kappa shape index (κ3) is 5.98. The zero-order valence-electron chi connectivity index (χ0n) is 16.1. The van der Waals surface area contributed by atoms with Crippen molar-refractivity contribution in [1.82, 2.24) is 9.80 Å². The summed E-state index contributed by atoms with van der Waals surface area (Å²) < 4.78 is 18.6. The number of rotatable bonds is 7. The molecule has 1 heterocycles. The van der Waals surface area contributed by atoms with Crippen LogP contribution in [0.15, 0.2) is 48.5 Å². The lowest BCUT2D eigenvalue weighted by Crippen LogP contribution is -2.51. The van der Waals surface area contributed by atoms with Crippen molar-refractivity contribution in [2.45, 2.75) is 0 Å². The number of non-ortho nitro benzene ring substituents is 1. The molecule has 2 amide bonds. The number of nitrogens with zero attached hydrogens (tertiary/aromatic N) is 3. The van der Waals surface area contributed by atoms with E-state index in [2.05, 4.69) is 5.32 Å². The highest BCUT2D eigenvalue weighted by molar-refractivity contribution is 5.92. The number of benzene rings is 2. The van der Waals surface area contributed by atoms with E-state index in [0.717, 1.165) is 0 Å². The number of halogens is 1. The number of carbonyl (C=O) groups excluding carboxylic acids is 2. The summed E-state index contributed by atoms with van der Waals surface area (Å²) in [5, 5.41) is 13.3. The predicted molar refractivity (Wildman–Crippen MR) is 107 cm³/mol. The average molecular weight is 416 g/mol. The summed E-state index contributed by atoms with van der Waals surface area (Å²) in [7, 11) is 0. The van der Waals surface area contributed by atoms with Gasteiger partial charge >= 0.3 is 0 Å². The van der Waals surface area contributed by atoms with Gasteiger partial charge in [-0.15, -0.1) is 0 Å². The molecule has 1 saturated heterocycles. The van der Waals surface area contributed by atoms with Crippen LogP contribution < -0.4 is 10.1 Å². The van der Waals surface area contributed by atoms with Gasteiger partial charge in [-0.25, -0.2) is 4.39 Å². The van der Waals surface area contributed by atoms with Crippen LogP contribution >= 0.6 is 0 Å². The number of piperazine rings is 1. The number of amides is 2. The number of nitro benzene ring substituents is 1. The Morgan fingerprint density at radius 1 is 1.10 bits per heavy atom. The molecule has 1 aliphatic heterocycles. The molecule has 0 saturated carbocycles. The molecule has 0 unspecified atom stereocenters. The Hall–Kier alpha value is -3.53. The summed E-state index contributed by atoms with van der Waals surface area (Å²) in [4.78, 5) is 38.1. The fraction of sp³-hybridized carbons (Fsp3) is 0.300. The molecule has 0 aromatic heterocycles. The summed E-state index contributed by atoms with van der Waals surface area (Å²) in [6, 6.07) is 11.2. The van der Waals surface area contributed by atoms with Crippen molar-refractivity contribution in [1.29, 1.82) is 0 Å². The molecule has 0 spiro atoms. The first-order valence-corrected chi connectivity index (χ1v) is 9.33. The van der Waals surface area contributed by atoms with Crippen molar-refractivity contribution in [2.75, 3.05) is 44.6 Å². The molecular weight excluding hydrogens is 395 g/mol. The van der Waals surface area contributed by atoms with Crippen molar-refractivity contribution < 1.29 is 23.6 Å². The van der Waals surface area contributed by atoms with Gasteiger partial charge in [0.1, 0.15) is 11.6 Å². The Morgan fingerprint density at radius 2 is 1.80 bits per heavy atom. The van der Waals surface area contributed by atoms with Crippen LogP contribution in [0.25, 0.3) is 0 Å². The first-order valence-electron chi connectivity index (χ1n) is 9.33. The summed E-state index contributed by atoms with van der Waals surface area (Å²) in [5.74, 6) is -0.489. The van der Waals surface area contributed by atoms with E-state index in [1.807, 2.05) is 4.90 Å². The van der Waals surface area contributed by atoms with E-state index < -0.39 is 10.7 Å². The first-order chi connectivity index (χ1) is 14.4. The highest BCUT2D eigenvalue weighted by Gasteiger charge is 2.23. The highest BCUT2D eigenvalue weighted by Crippen LogP contribution is 2.17. The second-order valence-corrected chi connectivity index (χ2v) is 6.76. The summed E-state index contributed by atoms with van der Waals surface area (Å²) >= 11 is 0. The summed E-state index contributed by atoms with van der Waals surface area (Å²) in [6.07, 6.45) is 0. The molecule has 0 atom stereocenters. The predicted octanol–water partition coefficient (Wildman–Crippen LogP) is 1.90. The maximum atomic E-state index is 13.2. The largest absolute Gasteiger partial charge is 0.484 e. The maximum Gasteiger partial charge on any atom is 0.269 e. The lowest BCUT2D eigenvalue weighted by atomic mass is 10.3. The Bertz CT molecular complexity index is 914. The van der Waals surface area contributed by atoms with Gasteiger partial charge in [0.05, 0.1) is 11.5 Å². The molecule has 0 radical (unpaired) electrons. The third-order valence-corrected chi connectivity index (χ3v) is 4.61. The monoisotopic (exact) mass is 416 g/mol. The molecular formula is C20H21FN4O5. The number of hydrogen-bond donors (Lipinski definition) is 1. The van der Waals surface area contributed by atoms with Gasteiger partial charge in [-0.3, -0.25) is 24.6 Å². The molecule has 10 heteroatoms. The van der Waals surface area contributed by atoms with Crippen LogP contribution in [0.5, 0.6) is 5.75 Å². The van der Waals surface area contributed by atoms with Crippen molar-refractivity contribution in [3.8, 4) is 5.75 Å². The molecule has 158 valence electrons. The Balaban J connectivity index is 1.39. The third-order valence-electron chi connectivity index (χ3n) is 4.61. The molecule has 30 heavy (non-hydrogen) atoms. The van der Waals surface area contributed by atoms with Gasteiger partial charge in [0.15, 0.2) is 6.61 Å². The van der Waals surface area contributed by atoms with E-state index in [1.54, 1.807) is 11.0 Å². The molecule has 2 aromatic rings. The zero-order chi connectivity index (χ0) is 21.5. The lowest BCUT2D eigenvalue weighted by molar-refractivity contribution is -0.384. The summed E-state index contributed by atoms with van der Waals surface area (Å²) in [6.45, 7) is 1.95. The molecule has 1 fully saturated rings. The number of nitrogens with one attached hydrogen (secondary N) is 1. The average Bonchev–Trinajstić information content (AvgIpc) is 2.72. The Morgan fingerprint density at radius 3 is 2.43 bits per heavy atom. The van der Waals surface area contributed by atoms with Gasteiger partial charge in [0.2, 0.25) is 5.91 Å². The second-order valence-electron chi connectivity index (χ2n) is 6.76. The number of carbonyl (C=O) groups is 2. The molecule has 1 aliphatic rings. The smallest absolute Gasteiger partial charge is 0.269 e. The first kappa shape index (κ1) is 21.2. The zero-order valence-corrected chi connectivity index (χ0v) is 16.1. The van der Waals surface area contributed by atoms with E-state index in [0.29, 0.717) is 37.6 Å². The SMILES string of the molecule is O=C(CN1CCN(C(=O)COc2ccc([N+](=O)[O-])cc2)CC1)Nc1cccc(F)c1. The van der Waals surface area contributed by atoms with E-state index >= 15 is 0 Å². The van der Waals surface area contributed by atoms with Crippen LogP contribution in [-0.2, 0) is 9.59 Å². The van der Waals surface area contributed by atoms with Gasteiger partial charge in [0.25, 0.3) is 11.6 Å². The fourth-order valence-electron chi connectivity index (χ4n) is 3.03. The van der Waals surface area contributed by atoms with E-state index in [4.69, 9.17) is 4.74 Å². The van der Waals surface area contributed by atoms with Crippen LogP contribution in [0.2, 0.25) is 0 Å². The lowest BCUT2D eigenvalue weighted by Gasteiger charge is -2.34. The molecule has 3 rings (SSSR count). The van der Waals surface area contributed by atoms with Crippen molar-refractivity contribution >= 4 is 23.2 Å². The van der Waals surface area contributed by atoms with Crippen molar-refractivity contribution in [3.05, 3.63) is 64.5 Å². The molecule has 1 N–H and O–H groups in total. The maximum absolute atomic E-state index is 13.2. The van der Waals surface area contributed by atoms with E-state index in [1.165, 1.54) is 42.5 Å². The molecule has 2 aromatic carbocycles. The number of nitro groups is 1.